The van der Waals surface area contributed by atoms with Crippen LogP contribution in [0.25, 0.3) is 0 Å². The number of hydrogen-bond acceptors (Lipinski definition) is 3. The normalized spacial score (nSPS) is 12.1. The molecule has 1 heterocycles. The number of rotatable bonds is 9. The Labute approximate surface area is 129 Å². The second kappa shape index (κ2) is 9.39. The Bertz CT molecular complexity index is 432. The van der Waals surface area contributed by atoms with Crippen molar-refractivity contribution in [3.8, 4) is 0 Å². The topological polar surface area (TPSA) is 78.4 Å². The van der Waals surface area contributed by atoms with E-state index in [4.69, 9.17) is 5.11 Å². The predicted molar refractivity (Wildman–Crippen MR) is 84.6 cm³/mol. The van der Waals surface area contributed by atoms with E-state index >= 15 is 0 Å². The van der Waals surface area contributed by atoms with Crippen molar-refractivity contribution in [3.05, 3.63) is 22.4 Å². The van der Waals surface area contributed by atoms with Gasteiger partial charge in [-0.3, -0.25) is 4.79 Å². The Morgan fingerprint density at radius 1 is 1.33 bits per heavy atom. The summed E-state index contributed by atoms with van der Waals surface area (Å²) in [6.07, 6.45) is 1.69. The summed E-state index contributed by atoms with van der Waals surface area (Å²) in [5.41, 5.74) is 1.21. The fourth-order valence-corrected chi connectivity index (χ4v) is 2.91. The van der Waals surface area contributed by atoms with Crippen LogP contribution in [0.15, 0.2) is 16.8 Å². The summed E-state index contributed by atoms with van der Waals surface area (Å²) in [6, 6.07) is 1.81. The van der Waals surface area contributed by atoms with Crippen LogP contribution in [0.5, 0.6) is 0 Å². The molecule has 1 aromatic rings. The van der Waals surface area contributed by atoms with Crippen molar-refractivity contribution in [2.24, 2.45) is 11.8 Å². The van der Waals surface area contributed by atoms with E-state index in [0.29, 0.717) is 19.0 Å². The lowest BCUT2D eigenvalue weighted by atomic mass is 9.94. The molecule has 0 aliphatic heterocycles. The Hall–Kier alpha value is -1.56. The number of carboxylic acids is 1. The van der Waals surface area contributed by atoms with Crippen LogP contribution in [0.3, 0.4) is 0 Å². The molecular formula is C15H24N2O3S. The van der Waals surface area contributed by atoms with E-state index in [1.165, 1.54) is 5.56 Å². The fourth-order valence-electron chi connectivity index (χ4n) is 2.21. The van der Waals surface area contributed by atoms with Gasteiger partial charge in [0.1, 0.15) is 0 Å². The zero-order valence-electron chi connectivity index (χ0n) is 12.6. The smallest absolute Gasteiger partial charge is 0.314 e. The van der Waals surface area contributed by atoms with Gasteiger partial charge in [0.2, 0.25) is 0 Å². The van der Waals surface area contributed by atoms with Crippen LogP contribution in [0, 0.1) is 11.8 Å². The second-order valence-electron chi connectivity index (χ2n) is 5.61. The minimum atomic E-state index is -0.819. The molecule has 118 valence electrons. The molecular weight excluding hydrogens is 288 g/mol. The van der Waals surface area contributed by atoms with E-state index in [1.807, 2.05) is 11.4 Å². The zero-order chi connectivity index (χ0) is 15.7. The SMILES string of the molecule is CC(C)CC(CNC(=O)NCCc1ccsc1)CC(=O)O. The first-order chi connectivity index (χ1) is 9.97. The van der Waals surface area contributed by atoms with Gasteiger partial charge < -0.3 is 15.7 Å². The predicted octanol–water partition coefficient (Wildman–Crippen LogP) is 2.73. The van der Waals surface area contributed by atoms with Crippen LogP contribution in [0.4, 0.5) is 4.79 Å². The highest BCUT2D eigenvalue weighted by atomic mass is 32.1. The van der Waals surface area contributed by atoms with Crippen LogP contribution < -0.4 is 10.6 Å². The van der Waals surface area contributed by atoms with E-state index in [2.05, 4.69) is 29.9 Å². The average molecular weight is 312 g/mol. The summed E-state index contributed by atoms with van der Waals surface area (Å²) in [5.74, 6) is -0.428. The number of aliphatic carboxylic acids is 1. The lowest BCUT2D eigenvalue weighted by Crippen LogP contribution is -2.39. The van der Waals surface area contributed by atoms with Crippen molar-refractivity contribution >= 4 is 23.3 Å². The lowest BCUT2D eigenvalue weighted by Gasteiger charge is -2.18. The maximum atomic E-state index is 11.7. The van der Waals surface area contributed by atoms with Crippen molar-refractivity contribution in [1.82, 2.24) is 10.6 Å². The molecule has 0 aromatic carbocycles. The maximum Gasteiger partial charge on any atom is 0.314 e. The van der Waals surface area contributed by atoms with Gasteiger partial charge in [-0.15, -0.1) is 0 Å². The molecule has 0 spiro atoms. The van der Waals surface area contributed by atoms with Gasteiger partial charge in [0, 0.05) is 19.5 Å². The molecule has 0 saturated heterocycles. The largest absolute Gasteiger partial charge is 0.481 e. The van der Waals surface area contributed by atoms with E-state index in [9.17, 15) is 9.59 Å². The number of carbonyl (C=O) groups excluding carboxylic acids is 1. The highest BCUT2D eigenvalue weighted by Crippen LogP contribution is 2.14. The molecule has 21 heavy (non-hydrogen) atoms. The standard InChI is InChI=1S/C15H24N2O3S/c1-11(2)7-13(8-14(18)19)9-17-15(20)16-5-3-12-4-6-21-10-12/h4,6,10-11,13H,3,5,7-9H2,1-2H3,(H,18,19)(H2,16,17,20). The highest BCUT2D eigenvalue weighted by Gasteiger charge is 2.15. The van der Waals surface area contributed by atoms with E-state index in [-0.39, 0.29) is 18.4 Å². The first-order valence-electron chi connectivity index (χ1n) is 7.22. The molecule has 3 N–H and O–H groups in total. The van der Waals surface area contributed by atoms with E-state index in [1.54, 1.807) is 11.3 Å². The summed E-state index contributed by atoms with van der Waals surface area (Å²) >= 11 is 1.64. The molecule has 0 radical (unpaired) electrons. The molecule has 6 heteroatoms. The van der Waals surface area contributed by atoms with Crippen molar-refractivity contribution in [3.63, 3.8) is 0 Å². The minimum absolute atomic E-state index is 0.0230. The third-order valence-electron chi connectivity index (χ3n) is 3.10. The number of hydrogen-bond donors (Lipinski definition) is 3. The third-order valence-corrected chi connectivity index (χ3v) is 3.83. The molecule has 0 aliphatic rings. The molecule has 2 amide bonds. The fraction of sp³-hybridized carbons (Fsp3) is 0.600. The van der Waals surface area contributed by atoms with Gasteiger partial charge in [-0.1, -0.05) is 13.8 Å². The van der Waals surface area contributed by atoms with E-state index in [0.717, 1.165) is 12.8 Å². The van der Waals surface area contributed by atoms with Crippen LogP contribution >= 0.6 is 11.3 Å². The highest BCUT2D eigenvalue weighted by molar-refractivity contribution is 7.07. The zero-order valence-corrected chi connectivity index (χ0v) is 13.4. The maximum absolute atomic E-state index is 11.7. The van der Waals surface area contributed by atoms with Crippen LogP contribution in [-0.4, -0.2) is 30.2 Å². The Morgan fingerprint density at radius 3 is 2.67 bits per heavy atom. The summed E-state index contributed by atoms with van der Waals surface area (Å²) in [4.78, 5) is 22.5. The first-order valence-corrected chi connectivity index (χ1v) is 8.16. The second-order valence-corrected chi connectivity index (χ2v) is 6.39. The number of urea groups is 1. The Balaban J connectivity index is 2.23. The molecule has 5 nitrogen and oxygen atoms in total. The summed E-state index contributed by atoms with van der Waals surface area (Å²) < 4.78 is 0. The third kappa shape index (κ3) is 8.34. The molecule has 1 unspecified atom stereocenters. The van der Waals surface area contributed by atoms with Gasteiger partial charge in [-0.2, -0.15) is 11.3 Å². The monoisotopic (exact) mass is 312 g/mol. The summed E-state index contributed by atoms with van der Waals surface area (Å²) in [5, 5.41) is 18.5. The molecule has 1 aromatic heterocycles. The molecule has 0 fully saturated rings. The van der Waals surface area contributed by atoms with Crippen LogP contribution in [0.1, 0.15) is 32.3 Å². The molecule has 1 atom stereocenters. The van der Waals surface area contributed by atoms with Gasteiger partial charge in [0.25, 0.3) is 0 Å². The molecule has 0 bridgehead atoms. The molecule has 0 aliphatic carbocycles. The van der Waals surface area contributed by atoms with Crippen molar-refractivity contribution in [1.29, 1.82) is 0 Å². The average Bonchev–Trinajstić information content (AvgIpc) is 2.88. The Morgan fingerprint density at radius 2 is 2.10 bits per heavy atom. The van der Waals surface area contributed by atoms with Crippen LogP contribution in [0.2, 0.25) is 0 Å². The summed E-state index contributed by atoms with van der Waals surface area (Å²) in [7, 11) is 0. The number of thiophene rings is 1. The van der Waals surface area contributed by atoms with Crippen molar-refractivity contribution in [2.45, 2.75) is 33.1 Å². The molecule has 0 saturated carbocycles. The number of carboxylic acid groups (broad SMARTS) is 1. The van der Waals surface area contributed by atoms with Crippen LogP contribution in [-0.2, 0) is 11.2 Å². The van der Waals surface area contributed by atoms with Gasteiger partial charge in [0.15, 0.2) is 0 Å². The minimum Gasteiger partial charge on any atom is -0.481 e. The van der Waals surface area contributed by atoms with Crippen molar-refractivity contribution in [2.75, 3.05) is 13.1 Å². The summed E-state index contributed by atoms with van der Waals surface area (Å²) in [6.45, 7) is 5.08. The number of carbonyl (C=O) groups is 2. The van der Waals surface area contributed by atoms with Gasteiger partial charge in [-0.05, 0) is 47.1 Å². The van der Waals surface area contributed by atoms with Gasteiger partial charge in [-0.25, -0.2) is 4.79 Å². The number of amides is 2. The Kier molecular flexibility index (Phi) is 7.82. The molecule has 1 rings (SSSR count). The van der Waals surface area contributed by atoms with Gasteiger partial charge in [0.05, 0.1) is 0 Å². The van der Waals surface area contributed by atoms with Gasteiger partial charge >= 0.3 is 12.0 Å². The van der Waals surface area contributed by atoms with E-state index < -0.39 is 5.97 Å². The number of nitrogens with one attached hydrogen (secondary N) is 2. The quantitative estimate of drug-likeness (QED) is 0.656. The first kappa shape index (κ1) is 17.5. The van der Waals surface area contributed by atoms with Crippen molar-refractivity contribution < 1.29 is 14.7 Å². The lowest BCUT2D eigenvalue weighted by molar-refractivity contribution is -0.138.